The highest BCUT2D eigenvalue weighted by molar-refractivity contribution is 5.96. The summed E-state index contributed by atoms with van der Waals surface area (Å²) in [6, 6.07) is 20.0. The number of carboxylic acid groups (broad SMARTS) is 1. The molecule has 0 heterocycles. The van der Waals surface area contributed by atoms with E-state index in [4.69, 9.17) is 9.84 Å². The predicted octanol–water partition coefficient (Wildman–Crippen LogP) is 5.17. The van der Waals surface area contributed by atoms with Crippen molar-refractivity contribution in [1.29, 1.82) is 0 Å². The SMILES string of the molecule is O=C(O)CCCCNC(=O)c1cccc(NC(=O)OCC2c3ccccc3-c3ccccc32)c1F. The highest BCUT2D eigenvalue weighted by Gasteiger charge is 2.29. The number of anilines is 1. The summed E-state index contributed by atoms with van der Waals surface area (Å²) in [4.78, 5) is 35.3. The van der Waals surface area contributed by atoms with Crippen molar-refractivity contribution in [2.75, 3.05) is 18.5 Å². The number of carboxylic acids is 1. The average molecular weight is 477 g/mol. The Balaban J connectivity index is 1.36. The van der Waals surface area contributed by atoms with Crippen molar-refractivity contribution < 1.29 is 28.6 Å². The number of carbonyl (C=O) groups excluding carboxylic acids is 2. The summed E-state index contributed by atoms with van der Waals surface area (Å²) in [6.45, 7) is 0.299. The van der Waals surface area contributed by atoms with Crippen molar-refractivity contribution in [3.8, 4) is 11.1 Å². The van der Waals surface area contributed by atoms with Gasteiger partial charge in [-0.1, -0.05) is 54.6 Å². The van der Waals surface area contributed by atoms with Gasteiger partial charge in [-0.2, -0.15) is 0 Å². The van der Waals surface area contributed by atoms with Crippen molar-refractivity contribution in [2.45, 2.75) is 25.2 Å². The number of fused-ring (bicyclic) bond motifs is 3. The third-order valence-corrected chi connectivity index (χ3v) is 5.93. The number of unbranched alkanes of at least 4 members (excludes halogenated alkanes) is 1. The zero-order valence-corrected chi connectivity index (χ0v) is 18.9. The fourth-order valence-corrected chi connectivity index (χ4v) is 4.25. The van der Waals surface area contributed by atoms with Gasteiger partial charge in [0.2, 0.25) is 0 Å². The smallest absolute Gasteiger partial charge is 0.411 e. The molecule has 0 atom stereocenters. The van der Waals surface area contributed by atoms with Gasteiger partial charge in [-0.3, -0.25) is 14.9 Å². The molecule has 0 fully saturated rings. The number of hydrogen-bond donors (Lipinski definition) is 3. The molecule has 35 heavy (non-hydrogen) atoms. The molecule has 0 saturated heterocycles. The van der Waals surface area contributed by atoms with Crippen LogP contribution in [0, 0.1) is 5.82 Å². The molecule has 7 nitrogen and oxygen atoms in total. The van der Waals surface area contributed by atoms with Crippen molar-refractivity contribution in [3.05, 3.63) is 89.2 Å². The quantitative estimate of drug-likeness (QED) is 0.370. The van der Waals surface area contributed by atoms with E-state index in [0.29, 0.717) is 12.8 Å². The molecule has 0 aromatic heterocycles. The summed E-state index contributed by atoms with van der Waals surface area (Å²) in [5, 5.41) is 13.6. The van der Waals surface area contributed by atoms with Crippen LogP contribution in [0.25, 0.3) is 11.1 Å². The largest absolute Gasteiger partial charge is 0.481 e. The molecular formula is C27H25FN2O5. The van der Waals surface area contributed by atoms with Gasteiger partial charge >= 0.3 is 12.1 Å². The van der Waals surface area contributed by atoms with E-state index in [1.807, 2.05) is 48.5 Å². The Kier molecular flexibility index (Phi) is 7.40. The summed E-state index contributed by atoms with van der Waals surface area (Å²) >= 11 is 0. The molecule has 3 N–H and O–H groups in total. The van der Waals surface area contributed by atoms with Crippen LogP contribution in [0.4, 0.5) is 14.9 Å². The van der Waals surface area contributed by atoms with E-state index in [0.717, 1.165) is 22.3 Å². The first-order valence-electron chi connectivity index (χ1n) is 11.4. The highest BCUT2D eigenvalue weighted by atomic mass is 19.1. The second-order valence-corrected chi connectivity index (χ2v) is 8.22. The standard InChI is InChI=1S/C27H25FN2O5/c28-25-21(26(33)29-15-6-5-14-24(31)32)12-7-13-23(25)30-27(34)35-16-22-19-10-3-1-8-17(19)18-9-2-4-11-20(18)22/h1-4,7-13,22H,5-6,14-16H2,(H,29,33)(H,30,34)(H,31,32). The Hall–Kier alpha value is -4.20. The number of benzene rings is 3. The van der Waals surface area contributed by atoms with E-state index < -0.39 is 23.8 Å². The summed E-state index contributed by atoms with van der Waals surface area (Å²) in [6.07, 6.45) is 0.0415. The Bertz CT molecular complexity index is 1210. The fraction of sp³-hybridized carbons (Fsp3) is 0.222. The molecule has 0 saturated carbocycles. The molecule has 4 rings (SSSR count). The molecule has 3 aromatic rings. The van der Waals surface area contributed by atoms with Gasteiger partial charge < -0.3 is 15.2 Å². The molecule has 1 aliphatic rings. The Labute approximate surface area is 201 Å². The molecule has 0 unspecified atom stereocenters. The maximum Gasteiger partial charge on any atom is 0.411 e. The van der Waals surface area contributed by atoms with Gasteiger partial charge in [0.15, 0.2) is 5.82 Å². The predicted molar refractivity (Wildman–Crippen MR) is 129 cm³/mol. The lowest BCUT2D eigenvalue weighted by Crippen LogP contribution is -2.26. The van der Waals surface area contributed by atoms with Gasteiger partial charge in [-0.25, -0.2) is 9.18 Å². The number of hydrogen-bond acceptors (Lipinski definition) is 4. The van der Waals surface area contributed by atoms with Crippen molar-refractivity contribution in [1.82, 2.24) is 5.32 Å². The van der Waals surface area contributed by atoms with Gasteiger partial charge in [0.05, 0.1) is 11.3 Å². The van der Waals surface area contributed by atoms with E-state index in [2.05, 4.69) is 10.6 Å². The third-order valence-electron chi connectivity index (χ3n) is 5.93. The van der Waals surface area contributed by atoms with Gasteiger partial charge in [0, 0.05) is 18.9 Å². The van der Waals surface area contributed by atoms with Gasteiger partial charge in [-0.05, 0) is 47.2 Å². The lowest BCUT2D eigenvalue weighted by atomic mass is 9.98. The van der Waals surface area contributed by atoms with E-state index in [-0.39, 0.29) is 36.7 Å². The first kappa shape index (κ1) is 23.9. The van der Waals surface area contributed by atoms with Gasteiger partial charge in [0.1, 0.15) is 6.61 Å². The van der Waals surface area contributed by atoms with Crippen LogP contribution in [0.1, 0.15) is 46.7 Å². The first-order valence-corrected chi connectivity index (χ1v) is 11.4. The maximum absolute atomic E-state index is 14.9. The number of aliphatic carboxylic acids is 1. The van der Waals surface area contributed by atoms with Gasteiger partial charge in [-0.15, -0.1) is 0 Å². The topological polar surface area (TPSA) is 105 Å². The second-order valence-electron chi connectivity index (χ2n) is 8.22. The molecule has 0 aliphatic heterocycles. The molecule has 0 spiro atoms. The summed E-state index contributed by atoms with van der Waals surface area (Å²) in [5.74, 6) is -2.55. The van der Waals surface area contributed by atoms with Crippen LogP contribution in [-0.2, 0) is 9.53 Å². The van der Waals surface area contributed by atoms with Crippen LogP contribution in [0.15, 0.2) is 66.7 Å². The molecule has 0 bridgehead atoms. The Morgan fingerprint density at radius 1 is 0.886 bits per heavy atom. The fourth-order valence-electron chi connectivity index (χ4n) is 4.25. The van der Waals surface area contributed by atoms with Crippen molar-refractivity contribution in [2.24, 2.45) is 0 Å². The van der Waals surface area contributed by atoms with Crippen LogP contribution in [-0.4, -0.2) is 36.2 Å². The van der Waals surface area contributed by atoms with Crippen molar-refractivity contribution in [3.63, 3.8) is 0 Å². The zero-order valence-electron chi connectivity index (χ0n) is 18.9. The van der Waals surface area contributed by atoms with Crippen LogP contribution in [0.3, 0.4) is 0 Å². The lowest BCUT2D eigenvalue weighted by Gasteiger charge is -2.15. The zero-order chi connectivity index (χ0) is 24.8. The normalized spacial score (nSPS) is 11.9. The van der Waals surface area contributed by atoms with Crippen LogP contribution >= 0.6 is 0 Å². The number of carbonyl (C=O) groups is 3. The van der Waals surface area contributed by atoms with E-state index in [1.165, 1.54) is 18.2 Å². The molecule has 2 amide bonds. The van der Waals surface area contributed by atoms with Crippen LogP contribution in [0.2, 0.25) is 0 Å². The summed E-state index contributed by atoms with van der Waals surface area (Å²) in [7, 11) is 0. The number of ether oxygens (including phenoxy) is 1. The minimum atomic E-state index is -0.908. The van der Waals surface area contributed by atoms with E-state index in [9.17, 15) is 18.8 Å². The molecule has 1 aliphatic carbocycles. The number of halogens is 1. The lowest BCUT2D eigenvalue weighted by molar-refractivity contribution is -0.137. The average Bonchev–Trinajstić information content (AvgIpc) is 3.17. The number of amides is 2. The Morgan fingerprint density at radius 3 is 2.20 bits per heavy atom. The number of nitrogens with one attached hydrogen (secondary N) is 2. The molecular weight excluding hydrogens is 451 g/mol. The minimum Gasteiger partial charge on any atom is -0.481 e. The van der Waals surface area contributed by atoms with Crippen LogP contribution in [0.5, 0.6) is 0 Å². The maximum atomic E-state index is 14.9. The third kappa shape index (κ3) is 5.48. The van der Waals surface area contributed by atoms with Gasteiger partial charge in [0.25, 0.3) is 5.91 Å². The minimum absolute atomic E-state index is 0.00375. The number of rotatable bonds is 9. The molecule has 3 aromatic carbocycles. The summed E-state index contributed by atoms with van der Waals surface area (Å²) < 4.78 is 20.3. The highest BCUT2D eigenvalue weighted by Crippen LogP contribution is 2.44. The Morgan fingerprint density at radius 2 is 1.54 bits per heavy atom. The monoisotopic (exact) mass is 476 g/mol. The molecule has 8 heteroatoms. The van der Waals surface area contributed by atoms with Crippen LogP contribution < -0.4 is 10.6 Å². The first-order chi connectivity index (χ1) is 17.0. The van der Waals surface area contributed by atoms with E-state index in [1.54, 1.807) is 0 Å². The summed E-state index contributed by atoms with van der Waals surface area (Å²) in [5.41, 5.74) is 3.94. The molecule has 0 radical (unpaired) electrons. The molecule has 180 valence electrons. The second kappa shape index (κ2) is 10.8. The van der Waals surface area contributed by atoms with E-state index >= 15 is 0 Å². The van der Waals surface area contributed by atoms with Crippen molar-refractivity contribution >= 4 is 23.7 Å².